The van der Waals surface area contributed by atoms with E-state index < -0.39 is 24.0 Å². The van der Waals surface area contributed by atoms with Gasteiger partial charge < -0.3 is 10.0 Å². The summed E-state index contributed by atoms with van der Waals surface area (Å²) < 4.78 is 36.8. The van der Waals surface area contributed by atoms with Crippen molar-refractivity contribution in [1.29, 1.82) is 0 Å². The summed E-state index contributed by atoms with van der Waals surface area (Å²) in [6.45, 7) is -0.250. The van der Waals surface area contributed by atoms with Gasteiger partial charge in [-0.1, -0.05) is 0 Å². The molecule has 76 valence electrons. The molecule has 1 aliphatic rings. The van der Waals surface area contributed by atoms with Crippen LogP contribution in [0.15, 0.2) is 0 Å². The summed E-state index contributed by atoms with van der Waals surface area (Å²) in [4.78, 5) is 11.9. The topological polar surface area (TPSA) is 40.5 Å². The Kier molecular flexibility index (Phi) is 2.51. The van der Waals surface area contributed by atoms with E-state index in [0.29, 0.717) is 0 Å². The van der Waals surface area contributed by atoms with Crippen LogP contribution in [0.2, 0.25) is 0 Å². The molecule has 1 heterocycles. The van der Waals surface area contributed by atoms with Crippen molar-refractivity contribution in [2.45, 2.75) is 6.18 Å². The predicted molar refractivity (Wildman–Crippen MR) is 38.2 cm³/mol. The second-order valence-corrected chi connectivity index (χ2v) is 3.31. The van der Waals surface area contributed by atoms with Crippen molar-refractivity contribution < 1.29 is 23.1 Å². The van der Waals surface area contributed by atoms with Gasteiger partial charge in [-0.25, -0.2) is 0 Å². The van der Waals surface area contributed by atoms with Crippen molar-refractivity contribution in [3.8, 4) is 0 Å². The Morgan fingerprint density at radius 1 is 1.46 bits per heavy atom. The zero-order valence-electron chi connectivity index (χ0n) is 7.01. The van der Waals surface area contributed by atoms with E-state index in [1.165, 1.54) is 11.9 Å². The first-order valence-electron chi connectivity index (χ1n) is 3.80. The van der Waals surface area contributed by atoms with E-state index in [1.807, 2.05) is 0 Å². The lowest BCUT2D eigenvalue weighted by Gasteiger charge is -2.17. The predicted octanol–water partition coefficient (Wildman–Crippen LogP) is 0.811. The number of hydrogen-bond acceptors (Lipinski definition) is 2. The highest BCUT2D eigenvalue weighted by Crippen LogP contribution is 2.36. The van der Waals surface area contributed by atoms with Gasteiger partial charge in [0.15, 0.2) is 0 Å². The smallest absolute Gasteiger partial charge is 0.393 e. The van der Waals surface area contributed by atoms with E-state index in [2.05, 4.69) is 0 Å². The quantitative estimate of drug-likeness (QED) is 0.676. The number of carboxylic acid groups (broad SMARTS) is 1. The van der Waals surface area contributed by atoms with E-state index in [4.69, 9.17) is 5.11 Å². The van der Waals surface area contributed by atoms with Crippen LogP contribution in [0, 0.1) is 11.8 Å². The second kappa shape index (κ2) is 3.17. The SMILES string of the molecule is CN1C[C@H](C(=O)O)[C@@H](C(F)(F)F)C1. The molecule has 0 bridgehead atoms. The monoisotopic (exact) mass is 197 g/mol. The third kappa shape index (κ3) is 2.12. The van der Waals surface area contributed by atoms with E-state index >= 15 is 0 Å². The van der Waals surface area contributed by atoms with E-state index in [-0.39, 0.29) is 13.1 Å². The summed E-state index contributed by atoms with van der Waals surface area (Å²) in [5, 5.41) is 8.54. The second-order valence-electron chi connectivity index (χ2n) is 3.31. The molecule has 0 amide bonds. The average Bonchev–Trinajstić information content (AvgIpc) is 2.29. The molecule has 0 unspecified atom stereocenters. The molecule has 1 fully saturated rings. The van der Waals surface area contributed by atoms with Gasteiger partial charge in [-0.3, -0.25) is 4.79 Å². The zero-order chi connectivity index (χ0) is 10.2. The van der Waals surface area contributed by atoms with Crippen LogP contribution in [0.4, 0.5) is 13.2 Å². The molecule has 0 aliphatic carbocycles. The van der Waals surface area contributed by atoms with E-state index in [1.54, 1.807) is 0 Å². The van der Waals surface area contributed by atoms with Gasteiger partial charge in [0.25, 0.3) is 0 Å². The fraction of sp³-hybridized carbons (Fsp3) is 0.857. The fourth-order valence-corrected chi connectivity index (χ4v) is 1.58. The Morgan fingerprint density at radius 2 is 2.00 bits per heavy atom. The molecule has 6 heteroatoms. The van der Waals surface area contributed by atoms with Gasteiger partial charge in [-0.15, -0.1) is 0 Å². The Bertz CT molecular complexity index is 216. The molecule has 1 N–H and O–H groups in total. The third-order valence-corrected chi connectivity index (χ3v) is 2.24. The largest absolute Gasteiger partial charge is 0.481 e. The third-order valence-electron chi connectivity index (χ3n) is 2.24. The maximum atomic E-state index is 12.3. The number of nitrogens with zero attached hydrogens (tertiary/aromatic N) is 1. The molecular weight excluding hydrogens is 187 g/mol. The maximum Gasteiger partial charge on any atom is 0.393 e. The van der Waals surface area contributed by atoms with Crippen LogP contribution >= 0.6 is 0 Å². The molecular formula is C7H10F3NO2. The summed E-state index contributed by atoms with van der Waals surface area (Å²) in [6.07, 6.45) is -4.41. The minimum Gasteiger partial charge on any atom is -0.481 e. The van der Waals surface area contributed by atoms with Crippen molar-refractivity contribution in [2.75, 3.05) is 20.1 Å². The standard InChI is InChI=1S/C7H10F3NO2/c1-11-2-4(6(12)13)5(3-11)7(8,9)10/h4-5H,2-3H2,1H3,(H,12,13)/t4-,5-/m0/s1. The van der Waals surface area contributed by atoms with Gasteiger partial charge in [-0.05, 0) is 7.05 Å². The number of rotatable bonds is 1. The fourth-order valence-electron chi connectivity index (χ4n) is 1.58. The number of alkyl halides is 3. The molecule has 0 radical (unpaired) electrons. The number of carbonyl (C=O) groups is 1. The summed E-state index contributed by atoms with van der Waals surface area (Å²) in [7, 11) is 1.49. The number of carboxylic acids is 1. The minimum atomic E-state index is -4.41. The van der Waals surface area contributed by atoms with Crippen molar-refractivity contribution in [3.05, 3.63) is 0 Å². The first-order valence-corrected chi connectivity index (χ1v) is 3.80. The summed E-state index contributed by atoms with van der Waals surface area (Å²) in [6, 6.07) is 0. The summed E-state index contributed by atoms with van der Waals surface area (Å²) >= 11 is 0. The first kappa shape index (κ1) is 10.3. The maximum absolute atomic E-state index is 12.3. The van der Waals surface area contributed by atoms with Crippen molar-refractivity contribution >= 4 is 5.97 Å². The Labute approximate surface area is 73.1 Å². The molecule has 3 nitrogen and oxygen atoms in total. The lowest BCUT2D eigenvalue weighted by molar-refractivity contribution is -0.188. The van der Waals surface area contributed by atoms with Crippen LogP contribution in [-0.2, 0) is 4.79 Å². The van der Waals surface area contributed by atoms with Gasteiger partial charge in [-0.2, -0.15) is 13.2 Å². The number of hydrogen-bond donors (Lipinski definition) is 1. The van der Waals surface area contributed by atoms with Crippen LogP contribution in [-0.4, -0.2) is 42.3 Å². The van der Waals surface area contributed by atoms with Crippen LogP contribution in [0.1, 0.15) is 0 Å². The Morgan fingerprint density at radius 3 is 2.31 bits per heavy atom. The molecule has 13 heavy (non-hydrogen) atoms. The Hall–Kier alpha value is -0.780. The molecule has 1 aliphatic heterocycles. The minimum absolute atomic E-state index is 0.0283. The molecule has 1 saturated heterocycles. The van der Waals surface area contributed by atoms with Gasteiger partial charge in [0.1, 0.15) is 0 Å². The molecule has 0 aromatic carbocycles. The zero-order valence-corrected chi connectivity index (χ0v) is 7.01. The average molecular weight is 197 g/mol. The molecule has 0 aromatic rings. The lowest BCUT2D eigenvalue weighted by atomic mass is 9.96. The number of halogens is 3. The van der Waals surface area contributed by atoms with Crippen LogP contribution < -0.4 is 0 Å². The number of likely N-dealkylation sites (tertiary alicyclic amines) is 1. The van der Waals surface area contributed by atoms with E-state index in [9.17, 15) is 18.0 Å². The molecule has 1 rings (SSSR count). The molecule has 0 spiro atoms. The summed E-state index contributed by atoms with van der Waals surface area (Å²) in [5.41, 5.74) is 0. The highest BCUT2D eigenvalue weighted by molar-refractivity contribution is 5.71. The van der Waals surface area contributed by atoms with Crippen LogP contribution in [0.25, 0.3) is 0 Å². The lowest BCUT2D eigenvalue weighted by Crippen LogP contribution is -2.33. The van der Waals surface area contributed by atoms with Gasteiger partial charge in [0, 0.05) is 13.1 Å². The van der Waals surface area contributed by atoms with Gasteiger partial charge in [0.2, 0.25) is 0 Å². The summed E-state index contributed by atoms with van der Waals surface area (Å²) in [5.74, 6) is -4.41. The van der Waals surface area contributed by atoms with Crippen LogP contribution in [0.5, 0.6) is 0 Å². The Balaban J connectivity index is 2.78. The molecule has 0 saturated carbocycles. The highest BCUT2D eigenvalue weighted by Gasteiger charge is 2.51. The van der Waals surface area contributed by atoms with Crippen molar-refractivity contribution in [2.24, 2.45) is 11.8 Å². The van der Waals surface area contributed by atoms with Crippen molar-refractivity contribution in [3.63, 3.8) is 0 Å². The molecule has 0 aromatic heterocycles. The normalized spacial score (nSPS) is 30.8. The highest BCUT2D eigenvalue weighted by atomic mass is 19.4. The van der Waals surface area contributed by atoms with Gasteiger partial charge >= 0.3 is 12.1 Å². The number of aliphatic carboxylic acids is 1. The van der Waals surface area contributed by atoms with Crippen molar-refractivity contribution in [1.82, 2.24) is 4.90 Å². The molecule has 2 atom stereocenters. The van der Waals surface area contributed by atoms with Gasteiger partial charge in [0.05, 0.1) is 11.8 Å². The van der Waals surface area contributed by atoms with Crippen LogP contribution in [0.3, 0.4) is 0 Å². The first-order chi connectivity index (χ1) is 5.82. The van der Waals surface area contributed by atoms with E-state index in [0.717, 1.165) is 0 Å².